The number of hydrogen-bond donors (Lipinski definition) is 4. The first-order valence-electron chi connectivity index (χ1n) is 3.46. The molecule has 1 fully saturated rings. The predicted molar refractivity (Wildman–Crippen MR) is 42.1 cm³/mol. The molecule has 1 rings (SSSR count). The van der Waals surface area contributed by atoms with Crippen LogP contribution in [-0.4, -0.2) is 40.0 Å². The molecule has 0 saturated carbocycles. The molecule has 0 radical (unpaired) electrons. The third-order valence-electron chi connectivity index (χ3n) is 1.22. The lowest BCUT2D eigenvalue weighted by atomic mass is 10.2. The minimum absolute atomic E-state index is 0.0231. The first kappa shape index (κ1) is 11.1. The first-order chi connectivity index (χ1) is 5.49. The lowest BCUT2D eigenvalue weighted by molar-refractivity contribution is -0.109. The van der Waals surface area contributed by atoms with Crippen molar-refractivity contribution >= 4 is 5.91 Å². The van der Waals surface area contributed by atoms with Gasteiger partial charge in [0.05, 0.1) is 18.4 Å². The van der Waals surface area contributed by atoms with Gasteiger partial charge in [-0.25, -0.2) is 0 Å². The van der Waals surface area contributed by atoms with Gasteiger partial charge < -0.3 is 20.6 Å². The fraction of sp³-hybridized carbons (Fsp3) is 0.571. The van der Waals surface area contributed by atoms with E-state index in [9.17, 15) is 4.79 Å². The number of rotatable bonds is 2. The van der Waals surface area contributed by atoms with Crippen LogP contribution in [0.2, 0.25) is 0 Å². The molecule has 12 heavy (non-hydrogen) atoms. The van der Waals surface area contributed by atoms with E-state index in [0.717, 1.165) is 0 Å². The second-order valence-corrected chi connectivity index (χ2v) is 2.42. The minimum atomic E-state index is -0.986. The van der Waals surface area contributed by atoms with Gasteiger partial charge in [-0.1, -0.05) is 6.58 Å². The van der Waals surface area contributed by atoms with Crippen molar-refractivity contribution in [3.8, 4) is 0 Å². The Balaban J connectivity index is 0.000000211. The average molecular weight is 175 g/mol. The smallest absolute Gasteiger partial charge is 0.271 e. The van der Waals surface area contributed by atoms with Crippen LogP contribution in [0.4, 0.5) is 0 Å². The molecule has 0 aromatic rings. The van der Waals surface area contributed by atoms with E-state index in [0.29, 0.717) is 5.70 Å². The molecule has 0 aliphatic carbocycles. The van der Waals surface area contributed by atoms with Gasteiger partial charge in [0.15, 0.2) is 0 Å². The van der Waals surface area contributed by atoms with E-state index in [2.05, 4.69) is 11.9 Å². The zero-order chi connectivity index (χ0) is 9.72. The molecule has 1 amide bonds. The third kappa shape index (κ3) is 4.84. The van der Waals surface area contributed by atoms with Crippen molar-refractivity contribution in [2.75, 3.05) is 6.61 Å². The summed E-state index contributed by atoms with van der Waals surface area (Å²) >= 11 is 0. The Morgan fingerprint density at radius 2 is 1.92 bits per heavy atom. The van der Waals surface area contributed by atoms with E-state index in [1.165, 1.54) is 6.92 Å². The van der Waals surface area contributed by atoms with Crippen LogP contribution in [0.25, 0.3) is 0 Å². The van der Waals surface area contributed by atoms with Crippen LogP contribution in [0.3, 0.4) is 0 Å². The molecule has 70 valence electrons. The van der Waals surface area contributed by atoms with Crippen LogP contribution in [-0.2, 0) is 4.79 Å². The van der Waals surface area contributed by atoms with Gasteiger partial charge >= 0.3 is 0 Å². The lowest BCUT2D eigenvalue weighted by Gasteiger charge is -2.07. The highest BCUT2D eigenvalue weighted by Gasteiger charge is 2.20. The van der Waals surface area contributed by atoms with Crippen LogP contribution >= 0.6 is 0 Å². The minimum Gasteiger partial charge on any atom is -0.394 e. The van der Waals surface area contributed by atoms with E-state index in [1.54, 1.807) is 0 Å². The molecule has 0 aromatic carbocycles. The van der Waals surface area contributed by atoms with E-state index < -0.39 is 12.2 Å². The number of aliphatic hydroxyl groups excluding tert-OH is 3. The zero-order valence-corrected chi connectivity index (χ0v) is 6.82. The van der Waals surface area contributed by atoms with E-state index in [-0.39, 0.29) is 12.5 Å². The van der Waals surface area contributed by atoms with Crippen molar-refractivity contribution in [2.24, 2.45) is 0 Å². The highest BCUT2D eigenvalue weighted by atomic mass is 16.4. The van der Waals surface area contributed by atoms with Crippen LogP contribution in [0.1, 0.15) is 6.92 Å². The van der Waals surface area contributed by atoms with Gasteiger partial charge in [-0.2, -0.15) is 0 Å². The molecule has 1 aliphatic heterocycles. The molecular formula is C7H13NO4. The average Bonchev–Trinajstić information content (AvgIpc) is 2.64. The summed E-state index contributed by atoms with van der Waals surface area (Å²) < 4.78 is 0. The van der Waals surface area contributed by atoms with E-state index in [4.69, 9.17) is 15.3 Å². The molecule has 2 atom stereocenters. The largest absolute Gasteiger partial charge is 0.394 e. The molecular weight excluding hydrogens is 162 g/mol. The maximum Gasteiger partial charge on any atom is 0.271 e. The molecule has 1 aliphatic rings. The third-order valence-corrected chi connectivity index (χ3v) is 1.22. The number of aliphatic hydroxyl groups is 3. The Morgan fingerprint density at radius 1 is 1.58 bits per heavy atom. The lowest BCUT2D eigenvalue weighted by Crippen LogP contribution is -2.25. The van der Waals surface area contributed by atoms with E-state index in [1.807, 2.05) is 0 Å². The maximum atomic E-state index is 9.68. The normalized spacial score (nSPS) is 18.7. The Hall–Kier alpha value is -0.910. The van der Waals surface area contributed by atoms with Gasteiger partial charge in [0.25, 0.3) is 5.91 Å². The molecule has 0 bridgehead atoms. The number of amides is 1. The summed E-state index contributed by atoms with van der Waals surface area (Å²) in [5.74, 6) is -0.0231. The van der Waals surface area contributed by atoms with Crippen molar-refractivity contribution in [3.05, 3.63) is 12.3 Å². The molecule has 0 aromatic heterocycles. The highest BCUT2D eigenvalue weighted by Crippen LogP contribution is 1.96. The molecule has 5 heteroatoms. The Kier molecular flexibility index (Phi) is 4.50. The molecule has 2 unspecified atom stereocenters. The maximum absolute atomic E-state index is 9.68. The fourth-order valence-electron chi connectivity index (χ4n) is 0.258. The Labute approximate surface area is 70.3 Å². The second kappa shape index (κ2) is 4.87. The molecule has 0 spiro atoms. The topological polar surface area (TPSA) is 99.7 Å². The zero-order valence-electron chi connectivity index (χ0n) is 6.82. The monoisotopic (exact) mass is 175 g/mol. The van der Waals surface area contributed by atoms with Crippen LogP contribution in [0, 0.1) is 0 Å². The molecule has 1 heterocycles. The SMILES string of the molecule is C=C1NC1=O.CC(O)C(O)CO. The summed E-state index contributed by atoms with van der Waals surface area (Å²) in [5.41, 5.74) is 0.532. The summed E-state index contributed by atoms with van der Waals surface area (Å²) in [5, 5.41) is 27.3. The standard InChI is InChI=1S/C4H10O3.C3H3NO/c1-3(6)4(7)2-5;1-2-3(5)4-2/h3-7H,2H2,1H3;1H2,(H,4,5). The van der Waals surface area contributed by atoms with Crippen molar-refractivity contribution in [1.82, 2.24) is 5.32 Å². The predicted octanol–water partition coefficient (Wildman–Crippen LogP) is -1.65. The summed E-state index contributed by atoms with van der Waals surface area (Å²) in [6.07, 6.45) is -1.81. The van der Waals surface area contributed by atoms with Gasteiger partial charge in [-0.05, 0) is 6.92 Å². The van der Waals surface area contributed by atoms with Crippen LogP contribution in [0.5, 0.6) is 0 Å². The molecule has 4 N–H and O–H groups in total. The van der Waals surface area contributed by atoms with Crippen LogP contribution < -0.4 is 5.32 Å². The van der Waals surface area contributed by atoms with Gasteiger partial charge in [-0.3, -0.25) is 4.79 Å². The van der Waals surface area contributed by atoms with Crippen molar-refractivity contribution in [3.63, 3.8) is 0 Å². The Morgan fingerprint density at radius 3 is 1.92 bits per heavy atom. The summed E-state index contributed by atoms with van der Waals surface area (Å²) in [6.45, 7) is 4.33. The van der Waals surface area contributed by atoms with Gasteiger partial charge in [0.2, 0.25) is 0 Å². The second-order valence-electron chi connectivity index (χ2n) is 2.42. The first-order valence-corrected chi connectivity index (χ1v) is 3.46. The van der Waals surface area contributed by atoms with Crippen molar-refractivity contribution in [2.45, 2.75) is 19.1 Å². The summed E-state index contributed by atoms with van der Waals surface area (Å²) in [4.78, 5) is 9.68. The van der Waals surface area contributed by atoms with Crippen molar-refractivity contribution < 1.29 is 20.1 Å². The Bertz CT molecular complexity index is 166. The highest BCUT2D eigenvalue weighted by molar-refractivity contribution is 6.09. The number of hydrogen-bond acceptors (Lipinski definition) is 4. The summed E-state index contributed by atoms with van der Waals surface area (Å²) in [7, 11) is 0. The number of carbonyl (C=O) groups excluding carboxylic acids is 1. The van der Waals surface area contributed by atoms with Gasteiger partial charge in [0, 0.05) is 0 Å². The van der Waals surface area contributed by atoms with Crippen molar-refractivity contribution in [1.29, 1.82) is 0 Å². The quantitative estimate of drug-likeness (QED) is 0.298. The molecule has 1 saturated heterocycles. The number of carbonyl (C=O) groups is 1. The fourth-order valence-corrected chi connectivity index (χ4v) is 0.258. The van der Waals surface area contributed by atoms with Gasteiger partial charge in [0.1, 0.15) is 6.10 Å². The van der Waals surface area contributed by atoms with Crippen LogP contribution in [0.15, 0.2) is 12.3 Å². The molecule has 5 nitrogen and oxygen atoms in total. The number of nitrogens with one attached hydrogen (secondary N) is 1. The van der Waals surface area contributed by atoms with Gasteiger partial charge in [-0.15, -0.1) is 0 Å². The summed E-state index contributed by atoms with van der Waals surface area (Å²) in [6, 6.07) is 0. The van der Waals surface area contributed by atoms with E-state index >= 15 is 0 Å².